The number of nitrogens with zero attached hydrogens (tertiary/aromatic N) is 2. The van der Waals surface area contributed by atoms with Crippen molar-refractivity contribution in [2.75, 3.05) is 26.2 Å². The van der Waals surface area contributed by atoms with Crippen LogP contribution in [0.4, 0.5) is 4.79 Å². The van der Waals surface area contributed by atoms with Gasteiger partial charge >= 0.3 is 6.03 Å². The molecule has 0 aliphatic carbocycles. The number of rotatable bonds is 4. The summed E-state index contributed by atoms with van der Waals surface area (Å²) in [5.74, 6) is 0. The zero-order chi connectivity index (χ0) is 14.5. The quantitative estimate of drug-likeness (QED) is 0.858. The molecular formula is C15H22N4O2. The minimum absolute atomic E-state index is 0.103. The fraction of sp³-hybridized carbons (Fsp3) is 0.600. The van der Waals surface area contributed by atoms with Gasteiger partial charge in [-0.3, -0.25) is 9.88 Å². The third-order valence-corrected chi connectivity index (χ3v) is 4.15. The zero-order valence-electron chi connectivity index (χ0n) is 12.1. The molecule has 6 nitrogen and oxygen atoms in total. The Labute approximate surface area is 124 Å². The van der Waals surface area contributed by atoms with Gasteiger partial charge in [0.05, 0.1) is 12.7 Å². The molecule has 0 aromatic carbocycles. The molecule has 21 heavy (non-hydrogen) atoms. The minimum Gasteiger partial charge on any atom is -0.373 e. The van der Waals surface area contributed by atoms with E-state index >= 15 is 0 Å². The second-order valence-corrected chi connectivity index (χ2v) is 5.67. The number of nitrogens with one attached hydrogen (secondary N) is 2. The second kappa shape index (κ2) is 6.87. The molecule has 0 radical (unpaired) electrons. The van der Waals surface area contributed by atoms with Gasteiger partial charge in [0.1, 0.15) is 0 Å². The van der Waals surface area contributed by atoms with Crippen molar-refractivity contribution in [1.82, 2.24) is 20.5 Å². The molecule has 2 aliphatic rings. The first-order valence-electron chi connectivity index (χ1n) is 7.57. The highest BCUT2D eigenvalue weighted by molar-refractivity contribution is 5.73. The molecule has 2 fully saturated rings. The van der Waals surface area contributed by atoms with Crippen LogP contribution in [0.3, 0.4) is 0 Å². The van der Waals surface area contributed by atoms with Crippen LogP contribution in [-0.4, -0.2) is 54.3 Å². The van der Waals surface area contributed by atoms with Crippen molar-refractivity contribution in [2.24, 2.45) is 0 Å². The van der Waals surface area contributed by atoms with Gasteiger partial charge in [-0.2, -0.15) is 0 Å². The van der Waals surface area contributed by atoms with Gasteiger partial charge in [-0.1, -0.05) is 0 Å². The molecule has 2 N–H and O–H groups in total. The monoisotopic (exact) mass is 290 g/mol. The lowest BCUT2D eigenvalue weighted by Crippen LogP contribution is -2.51. The Morgan fingerprint density at radius 2 is 2.24 bits per heavy atom. The van der Waals surface area contributed by atoms with E-state index in [4.69, 9.17) is 4.74 Å². The summed E-state index contributed by atoms with van der Waals surface area (Å²) in [5.41, 5.74) is 1.04. The molecule has 2 aliphatic heterocycles. The lowest BCUT2D eigenvalue weighted by Gasteiger charge is -2.35. The molecule has 0 bridgehead atoms. The third kappa shape index (κ3) is 3.92. The van der Waals surface area contributed by atoms with Gasteiger partial charge in [0.2, 0.25) is 0 Å². The molecule has 0 saturated carbocycles. The van der Waals surface area contributed by atoms with Crippen LogP contribution < -0.4 is 10.6 Å². The van der Waals surface area contributed by atoms with Crippen LogP contribution in [-0.2, 0) is 11.3 Å². The SMILES string of the molecule is O=C(NCc1ccncc1)NC[C@H]1CN2CCC[C@@H]2CO1. The molecular weight excluding hydrogens is 268 g/mol. The van der Waals surface area contributed by atoms with Gasteiger partial charge in [-0.15, -0.1) is 0 Å². The number of pyridine rings is 1. The van der Waals surface area contributed by atoms with E-state index in [-0.39, 0.29) is 12.1 Å². The van der Waals surface area contributed by atoms with E-state index in [0.29, 0.717) is 19.1 Å². The van der Waals surface area contributed by atoms with Crippen molar-refractivity contribution in [2.45, 2.75) is 31.5 Å². The summed E-state index contributed by atoms with van der Waals surface area (Å²) >= 11 is 0. The summed E-state index contributed by atoms with van der Waals surface area (Å²) in [5, 5.41) is 5.72. The number of aromatic nitrogens is 1. The fourth-order valence-electron chi connectivity index (χ4n) is 2.96. The van der Waals surface area contributed by atoms with Crippen LogP contribution >= 0.6 is 0 Å². The van der Waals surface area contributed by atoms with E-state index < -0.39 is 0 Å². The van der Waals surface area contributed by atoms with Gasteiger partial charge in [0.25, 0.3) is 0 Å². The van der Waals surface area contributed by atoms with Gasteiger partial charge in [0.15, 0.2) is 0 Å². The molecule has 2 saturated heterocycles. The standard InChI is InChI=1S/C15H22N4O2/c20-15(17-8-12-3-5-16-6-4-12)18-9-14-10-19-7-1-2-13(19)11-21-14/h3-6,13-14H,1-2,7-11H2,(H2,17,18,20)/t13-,14+/m1/s1. The van der Waals surface area contributed by atoms with E-state index in [2.05, 4.69) is 20.5 Å². The molecule has 0 unspecified atom stereocenters. The van der Waals surface area contributed by atoms with Crippen molar-refractivity contribution in [3.8, 4) is 0 Å². The Bertz CT molecular complexity index is 468. The maximum Gasteiger partial charge on any atom is 0.315 e. The molecule has 6 heteroatoms. The van der Waals surface area contributed by atoms with Gasteiger partial charge < -0.3 is 15.4 Å². The lowest BCUT2D eigenvalue weighted by atomic mass is 10.2. The van der Waals surface area contributed by atoms with Crippen LogP contribution in [0.5, 0.6) is 0 Å². The molecule has 0 spiro atoms. The van der Waals surface area contributed by atoms with Crippen LogP contribution in [0, 0.1) is 0 Å². The Kier molecular flexibility index (Phi) is 4.67. The fourth-order valence-corrected chi connectivity index (χ4v) is 2.96. The number of morpholine rings is 1. The largest absolute Gasteiger partial charge is 0.373 e. The molecule has 3 rings (SSSR count). The number of carbonyl (C=O) groups excluding carboxylic acids is 1. The second-order valence-electron chi connectivity index (χ2n) is 5.67. The number of urea groups is 1. The molecule has 2 amide bonds. The molecule has 1 aromatic rings. The van der Waals surface area contributed by atoms with Crippen LogP contribution in [0.2, 0.25) is 0 Å². The minimum atomic E-state index is -0.154. The summed E-state index contributed by atoms with van der Waals surface area (Å²) in [6.45, 7) is 3.96. The van der Waals surface area contributed by atoms with Crippen LogP contribution in [0.15, 0.2) is 24.5 Å². The van der Waals surface area contributed by atoms with E-state index in [0.717, 1.165) is 18.7 Å². The van der Waals surface area contributed by atoms with Crippen LogP contribution in [0.1, 0.15) is 18.4 Å². The normalized spacial score (nSPS) is 25.3. The summed E-state index contributed by atoms with van der Waals surface area (Å²) < 4.78 is 5.81. The van der Waals surface area contributed by atoms with Gasteiger partial charge in [-0.25, -0.2) is 4.79 Å². The predicted molar refractivity (Wildman–Crippen MR) is 78.8 cm³/mol. The lowest BCUT2D eigenvalue weighted by molar-refractivity contribution is -0.0457. The highest BCUT2D eigenvalue weighted by Gasteiger charge is 2.32. The average Bonchev–Trinajstić information content (AvgIpc) is 2.99. The van der Waals surface area contributed by atoms with Crippen molar-refractivity contribution in [3.63, 3.8) is 0 Å². The van der Waals surface area contributed by atoms with Crippen molar-refractivity contribution < 1.29 is 9.53 Å². The summed E-state index contributed by atoms with van der Waals surface area (Å²) in [7, 11) is 0. The third-order valence-electron chi connectivity index (χ3n) is 4.15. The van der Waals surface area contributed by atoms with Gasteiger partial charge in [-0.05, 0) is 37.1 Å². The molecule has 114 valence electrons. The number of carbonyl (C=O) groups is 1. The maximum atomic E-state index is 11.8. The highest BCUT2D eigenvalue weighted by Crippen LogP contribution is 2.22. The van der Waals surface area contributed by atoms with E-state index in [1.54, 1.807) is 12.4 Å². The highest BCUT2D eigenvalue weighted by atomic mass is 16.5. The van der Waals surface area contributed by atoms with Crippen molar-refractivity contribution in [3.05, 3.63) is 30.1 Å². The van der Waals surface area contributed by atoms with Crippen molar-refractivity contribution >= 4 is 6.03 Å². The van der Waals surface area contributed by atoms with Crippen molar-refractivity contribution in [1.29, 1.82) is 0 Å². The zero-order valence-corrected chi connectivity index (χ0v) is 12.1. The van der Waals surface area contributed by atoms with E-state index in [1.807, 2.05) is 12.1 Å². The van der Waals surface area contributed by atoms with E-state index in [1.165, 1.54) is 19.4 Å². The number of ether oxygens (including phenoxy) is 1. The molecule has 3 heterocycles. The Hall–Kier alpha value is -1.66. The summed E-state index contributed by atoms with van der Waals surface area (Å²) in [4.78, 5) is 18.2. The first-order valence-corrected chi connectivity index (χ1v) is 7.57. The van der Waals surface area contributed by atoms with E-state index in [9.17, 15) is 4.79 Å². The van der Waals surface area contributed by atoms with Gasteiger partial charge in [0, 0.05) is 38.1 Å². The number of amides is 2. The summed E-state index contributed by atoms with van der Waals surface area (Å²) in [6.07, 6.45) is 6.05. The first-order chi connectivity index (χ1) is 10.3. The number of hydrogen-bond donors (Lipinski definition) is 2. The molecule has 2 atom stereocenters. The Balaban J connectivity index is 1.36. The Morgan fingerprint density at radius 3 is 3.10 bits per heavy atom. The molecule has 1 aromatic heterocycles. The average molecular weight is 290 g/mol. The predicted octanol–water partition coefficient (Wildman–Crippen LogP) is 0.744. The summed E-state index contributed by atoms with van der Waals surface area (Å²) in [6, 6.07) is 4.22. The maximum absolute atomic E-state index is 11.8. The Morgan fingerprint density at radius 1 is 1.38 bits per heavy atom. The smallest absolute Gasteiger partial charge is 0.315 e. The number of fused-ring (bicyclic) bond motifs is 1. The first kappa shape index (κ1) is 14.3. The van der Waals surface area contributed by atoms with Crippen LogP contribution in [0.25, 0.3) is 0 Å². The topological polar surface area (TPSA) is 66.5 Å². The number of hydrogen-bond acceptors (Lipinski definition) is 4.